The first-order valence-electron chi connectivity index (χ1n) is 6.13. The molecule has 0 bridgehead atoms. The molecule has 0 saturated carbocycles. The van der Waals surface area contributed by atoms with Gasteiger partial charge in [-0.3, -0.25) is 9.48 Å². The van der Waals surface area contributed by atoms with Crippen LogP contribution in [0.4, 0.5) is 0 Å². The second kappa shape index (κ2) is 6.00. The lowest BCUT2D eigenvalue weighted by molar-refractivity contribution is 0.104. The van der Waals surface area contributed by atoms with E-state index in [4.69, 9.17) is 4.74 Å². The van der Waals surface area contributed by atoms with E-state index in [1.54, 1.807) is 47.3 Å². The van der Waals surface area contributed by atoms with Crippen LogP contribution in [0.15, 0.2) is 42.7 Å². The molecule has 1 aromatic heterocycles. The van der Waals surface area contributed by atoms with Crippen LogP contribution >= 0.6 is 0 Å². The Kier molecular flexibility index (Phi) is 4.13. The van der Waals surface area contributed by atoms with Gasteiger partial charge in [-0.25, -0.2) is 0 Å². The van der Waals surface area contributed by atoms with Crippen LogP contribution in [0.3, 0.4) is 0 Å². The van der Waals surface area contributed by atoms with Crippen molar-refractivity contribution in [3.05, 3.63) is 53.9 Å². The van der Waals surface area contributed by atoms with E-state index in [0.29, 0.717) is 12.2 Å². The highest BCUT2D eigenvalue weighted by Gasteiger charge is 2.02. The molecule has 1 heterocycles. The molecule has 0 saturated heterocycles. The topological polar surface area (TPSA) is 44.1 Å². The van der Waals surface area contributed by atoms with E-state index in [2.05, 4.69) is 5.10 Å². The first kappa shape index (κ1) is 13.1. The summed E-state index contributed by atoms with van der Waals surface area (Å²) in [7, 11) is 1.84. The van der Waals surface area contributed by atoms with Crippen molar-refractivity contribution in [2.24, 2.45) is 7.05 Å². The standard InChI is InChI=1S/C15H16N2O2/c1-3-19-14-7-5-13(6-8-14)15(18)9-4-12-10-16-17(2)11-12/h4-11H,3H2,1-2H3/b9-4-. The smallest absolute Gasteiger partial charge is 0.185 e. The lowest BCUT2D eigenvalue weighted by Crippen LogP contribution is -1.95. The third kappa shape index (κ3) is 3.55. The summed E-state index contributed by atoms with van der Waals surface area (Å²) in [5.41, 5.74) is 1.55. The number of carbonyl (C=O) groups is 1. The molecular weight excluding hydrogens is 240 g/mol. The van der Waals surface area contributed by atoms with Gasteiger partial charge >= 0.3 is 0 Å². The van der Waals surface area contributed by atoms with E-state index in [0.717, 1.165) is 11.3 Å². The highest BCUT2D eigenvalue weighted by atomic mass is 16.5. The number of aryl methyl sites for hydroxylation is 1. The van der Waals surface area contributed by atoms with Gasteiger partial charge in [0.2, 0.25) is 0 Å². The van der Waals surface area contributed by atoms with Crippen LogP contribution in [-0.4, -0.2) is 22.2 Å². The number of allylic oxidation sites excluding steroid dienone is 1. The Bertz CT molecular complexity index is 582. The Morgan fingerprint density at radius 2 is 2.11 bits per heavy atom. The Balaban J connectivity index is 2.05. The largest absolute Gasteiger partial charge is 0.494 e. The van der Waals surface area contributed by atoms with Crippen molar-refractivity contribution in [3.63, 3.8) is 0 Å². The molecule has 2 aromatic rings. The SMILES string of the molecule is CCOc1ccc(C(=O)/C=C\c2cnn(C)c2)cc1. The third-order valence-electron chi connectivity index (χ3n) is 2.60. The monoisotopic (exact) mass is 256 g/mol. The Morgan fingerprint density at radius 1 is 1.37 bits per heavy atom. The van der Waals surface area contributed by atoms with E-state index in [1.807, 2.05) is 20.2 Å². The molecule has 4 nitrogen and oxygen atoms in total. The number of aromatic nitrogens is 2. The summed E-state index contributed by atoms with van der Waals surface area (Å²) in [6.45, 7) is 2.55. The molecular formula is C15H16N2O2. The number of nitrogens with zero attached hydrogens (tertiary/aromatic N) is 2. The van der Waals surface area contributed by atoms with Crippen molar-refractivity contribution in [1.82, 2.24) is 9.78 Å². The highest BCUT2D eigenvalue weighted by molar-refractivity contribution is 6.06. The average Bonchev–Trinajstić information content (AvgIpc) is 2.83. The molecule has 0 radical (unpaired) electrons. The number of hydrogen-bond acceptors (Lipinski definition) is 3. The van der Waals surface area contributed by atoms with Gasteiger partial charge in [0.1, 0.15) is 5.75 Å². The number of rotatable bonds is 5. The minimum atomic E-state index is -0.0353. The van der Waals surface area contributed by atoms with Crippen LogP contribution in [0, 0.1) is 0 Å². The zero-order valence-corrected chi connectivity index (χ0v) is 11.0. The van der Waals surface area contributed by atoms with Crippen molar-refractivity contribution < 1.29 is 9.53 Å². The normalized spacial score (nSPS) is 10.8. The molecule has 98 valence electrons. The quantitative estimate of drug-likeness (QED) is 0.610. The molecule has 2 rings (SSSR count). The van der Waals surface area contributed by atoms with Crippen molar-refractivity contribution >= 4 is 11.9 Å². The predicted molar refractivity (Wildman–Crippen MR) is 74.2 cm³/mol. The summed E-state index contributed by atoms with van der Waals surface area (Å²) in [5.74, 6) is 0.738. The number of benzene rings is 1. The van der Waals surface area contributed by atoms with E-state index in [9.17, 15) is 4.79 Å². The predicted octanol–water partition coefficient (Wildman–Crippen LogP) is 2.71. The average molecular weight is 256 g/mol. The molecule has 0 aliphatic rings. The van der Waals surface area contributed by atoms with Crippen molar-refractivity contribution in [2.45, 2.75) is 6.92 Å². The van der Waals surface area contributed by atoms with Crippen LogP contribution < -0.4 is 4.74 Å². The zero-order valence-electron chi connectivity index (χ0n) is 11.0. The molecule has 0 unspecified atom stereocenters. The number of hydrogen-bond donors (Lipinski definition) is 0. The lowest BCUT2D eigenvalue weighted by atomic mass is 10.1. The highest BCUT2D eigenvalue weighted by Crippen LogP contribution is 2.13. The van der Waals surface area contributed by atoms with Gasteiger partial charge in [0.15, 0.2) is 5.78 Å². The number of carbonyl (C=O) groups excluding carboxylic acids is 1. The number of ether oxygens (including phenoxy) is 1. The van der Waals surface area contributed by atoms with Gasteiger partial charge in [-0.05, 0) is 43.3 Å². The third-order valence-corrected chi connectivity index (χ3v) is 2.60. The Hall–Kier alpha value is -2.36. The lowest BCUT2D eigenvalue weighted by Gasteiger charge is -2.02. The maximum Gasteiger partial charge on any atom is 0.185 e. The molecule has 4 heteroatoms. The second-order valence-corrected chi connectivity index (χ2v) is 4.10. The van der Waals surface area contributed by atoms with Crippen LogP contribution in [0.25, 0.3) is 6.08 Å². The first-order valence-corrected chi connectivity index (χ1v) is 6.13. The second-order valence-electron chi connectivity index (χ2n) is 4.10. The molecule has 1 aromatic carbocycles. The van der Waals surface area contributed by atoms with Gasteiger partial charge in [-0.2, -0.15) is 5.10 Å². The maximum atomic E-state index is 11.9. The molecule has 0 aliphatic heterocycles. The van der Waals surface area contributed by atoms with E-state index < -0.39 is 0 Å². The summed E-state index contributed by atoms with van der Waals surface area (Å²) in [6.07, 6.45) is 6.86. The van der Waals surface area contributed by atoms with Gasteiger partial charge < -0.3 is 4.74 Å². The Morgan fingerprint density at radius 3 is 2.68 bits per heavy atom. The van der Waals surface area contributed by atoms with Crippen LogP contribution in [0.5, 0.6) is 5.75 Å². The number of ketones is 1. The summed E-state index contributed by atoms with van der Waals surface area (Å²) in [5, 5.41) is 4.04. The summed E-state index contributed by atoms with van der Waals surface area (Å²) in [4.78, 5) is 11.9. The van der Waals surface area contributed by atoms with E-state index in [1.165, 1.54) is 0 Å². The molecule has 0 N–H and O–H groups in total. The van der Waals surface area contributed by atoms with Gasteiger partial charge in [0.25, 0.3) is 0 Å². The van der Waals surface area contributed by atoms with Crippen molar-refractivity contribution in [1.29, 1.82) is 0 Å². The van der Waals surface area contributed by atoms with Gasteiger partial charge in [-0.1, -0.05) is 0 Å². The fourth-order valence-corrected chi connectivity index (χ4v) is 1.68. The fourth-order valence-electron chi connectivity index (χ4n) is 1.68. The fraction of sp³-hybridized carbons (Fsp3) is 0.200. The van der Waals surface area contributed by atoms with Gasteiger partial charge in [0, 0.05) is 24.4 Å². The van der Waals surface area contributed by atoms with Crippen molar-refractivity contribution in [3.8, 4) is 5.75 Å². The molecule has 0 aliphatic carbocycles. The van der Waals surface area contributed by atoms with E-state index >= 15 is 0 Å². The molecule has 0 atom stereocenters. The van der Waals surface area contributed by atoms with Crippen LogP contribution in [-0.2, 0) is 7.05 Å². The maximum absolute atomic E-state index is 11.9. The molecule has 19 heavy (non-hydrogen) atoms. The van der Waals surface area contributed by atoms with E-state index in [-0.39, 0.29) is 5.78 Å². The van der Waals surface area contributed by atoms with Crippen LogP contribution in [0.1, 0.15) is 22.8 Å². The van der Waals surface area contributed by atoms with Gasteiger partial charge in [0.05, 0.1) is 12.8 Å². The molecule has 0 spiro atoms. The molecule has 0 fully saturated rings. The zero-order chi connectivity index (χ0) is 13.7. The van der Waals surface area contributed by atoms with Gasteiger partial charge in [-0.15, -0.1) is 0 Å². The van der Waals surface area contributed by atoms with Crippen LogP contribution in [0.2, 0.25) is 0 Å². The summed E-state index contributed by atoms with van der Waals surface area (Å²) >= 11 is 0. The summed E-state index contributed by atoms with van der Waals surface area (Å²) in [6, 6.07) is 7.13. The molecule has 0 amide bonds. The minimum absolute atomic E-state index is 0.0353. The summed E-state index contributed by atoms with van der Waals surface area (Å²) < 4.78 is 7.03. The first-order chi connectivity index (χ1) is 9.19. The Labute approximate surface area is 112 Å². The van der Waals surface area contributed by atoms with Crippen molar-refractivity contribution in [2.75, 3.05) is 6.61 Å². The minimum Gasteiger partial charge on any atom is -0.494 e.